The molecule has 198 valence electrons. The summed E-state index contributed by atoms with van der Waals surface area (Å²) in [7, 11) is 0. The fourth-order valence-electron chi connectivity index (χ4n) is 6.64. The lowest BCUT2D eigenvalue weighted by Gasteiger charge is -2.12. The fraction of sp³-hybridized carbons (Fsp3) is 0. The van der Waals surface area contributed by atoms with Crippen LogP contribution < -0.4 is 0 Å². The highest BCUT2D eigenvalue weighted by Crippen LogP contribution is 2.49. The van der Waals surface area contributed by atoms with Crippen molar-refractivity contribution in [3.63, 3.8) is 0 Å². The van der Waals surface area contributed by atoms with E-state index in [1.54, 1.807) is 0 Å². The van der Waals surface area contributed by atoms with E-state index >= 15 is 0 Å². The maximum Gasteiger partial charge on any atom is 0.206 e. The number of fused-ring (bicyclic) bond motifs is 10. The van der Waals surface area contributed by atoms with Gasteiger partial charge in [0.15, 0.2) is 0 Å². The van der Waals surface area contributed by atoms with Crippen molar-refractivity contribution >= 4 is 86.5 Å². The summed E-state index contributed by atoms with van der Waals surface area (Å²) < 4.78 is 6.25. The second-order valence-electron chi connectivity index (χ2n) is 10.5. The lowest BCUT2D eigenvalue weighted by atomic mass is 10.0. The summed E-state index contributed by atoms with van der Waals surface area (Å²) in [6, 6.07) is 39.2. The van der Waals surface area contributed by atoms with Crippen LogP contribution in [0.5, 0.6) is 0 Å². The lowest BCUT2D eigenvalue weighted by Crippen LogP contribution is -2.03. The van der Waals surface area contributed by atoms with E-state index in [0.717, 1.165) is 64.6 Å². The van der Waals surface area contributed by atoms with E-state index in [-0.39, 0.29) is 0 Å². The Balaban J connectivity index is 1.41. The molecule has 0 fully saturated rings. The van der Waals surface area contributed by atoms with E-state index < -0.39 is 0 Å². The Kier molecular flexibility index (Phi) is 4.84. The van der Waals surface area contributed by atoms with Crippen molar-refractivity contribution in [2.45, 2.75) is 0 Å². The highest BCUT2D eigenvalue weighted by molar-refractivity contribution is 7.27. The van der Waals surface area contributed by atoms with Crippen LogP contribution >= 0.6 is 11.3 Å². The zero-order valence-corrected chi connectivity index (χ0v) is 23.4. The van der Waals surface area contributed by atoms with Gasteiger partial charge in [-0.15, -0.1) is 0 Å². The highest BCUT2D eigenvalue weighted by atomic mass is 32.1. The molecule has 4 aromatic heterocycles. The van der Waals surface area contributed by atoms with Crippen LogP contribution in [0.25, 0.3) is 85.1 Å². The average molecular weight is 566 g/mol. The Bertz CT molecular complexity index is 2660. The Morgan fingerprint density at radius 3 is 1.67 bits per heavy atom. The van der Waals surface area contributed by atoms with Crippen LogP contribution in [-0.4, -0.2) is 14.1 Å². The first-order chi connectivity index (χ1) is 21.3. The van der Waals surface area contributed by atoms with Crippen molar-refractivity contribution in [3.8, 4) is 11.6 Å². The van der Waals surface area contributed by atoms with Gasteiger partial charge in [-0.3, -0.25) is 9.13 Å². The van der Waals surface area contributed by atoms with Crippen molar-refractivity contribution in [1.82, 2.24) is 14.1 Å². The molecule has 0 spiro atoms. The summed E-state index contributed by atoms with van der Waals surface area (Å²) in [5.41, 5.74) is 5.36. The average Bonchev–Trinajstić information content (AvgIpc) is 3.72. The van der Waals surface area contributed by atoms with Gasteiger partial charge in [0, 0.05) is 36.5 Å². The minimum absolute atomic E-state index is 0.585. The second kappa shape index (κ2) is 8.77. The van der Waals surface area contributed by atoms with Crippen LogP contribution in [0.1, 0.15) is 0 Å². The van der Waals surface area contributed by atoms with E-state index in [1.807, 2.05) is 30.3 Å². The minimum atomic E-state index is 0.585. The molecule has 0 saturated carbocycles. The molecule has 0 unspecified atom stereocenters. The molecular formula is C37H19N5S. The zero-order valence-electron chi connectivity index (χ0n) is 22.6. The number of pyridine rings is 1. The van der Waals surface area contributed by atoms with E-state index in [9.17, 15) is 0 Å². The molecule has 5 nitrogen and oxygen atoms in total. The Labute approximate surface area is 249 Å². The van der Waals surface area contributed by atoms with Gasteiger partial charge in [0.1, 0.15) is 11.6 Å². The summed E-state index contributed by atoms with van der Waals surface area (Å²) in [6.07, 6.45) is 0. The number of hydrogen-bond acceptors (Lipinski definition) is 2. The summed E-state index contributed by atoms with van der Waals surface area (Å²) in [4.78, 5) is 13.0. The van der Waals surface area contributed by atoms with Gasteiger partial charge in [0.2, 0.25) is 11.4 Å². The van der Waals surface area contributed by atoms with Crippen LogP contribution in [0.3, 0.4) is 0 Å². The second-order valence-corrected chi connectivity index (χ2v) is 11.6. The van der Waals surface area contributed by atoms with Crippen LogP contribution in [0.15, 0.2) is 115 Å². The molecule has 9 rings (SSSR count). The monoisotopic (exact) mass is 565 g/mol. The third-order valence-electron chi connectivity index (χ3n) is 8.36. The number of nitrogens with zero attached hydrogens (tertiary/aromatic N) is 5. The van der Waals surface area contributed by atoms with Gasteiger partial charge in [-0.05, 0) is 47.2 Å². The first-order valence-electron chi connectivity index (χ1n) is 13.9. The van der Waals surface area contributed by atoms with E-state index in [2.05, 4.69) is 104 Å². The largest absolute Gasteiger partial charge is 0.295 e. The summed E-state index contributed by atoms with van der Waals surface area (Å²) >= 11 is 1.54. The van der Waals surface area contributed by atoms with Gasteiger partial charge in [-0.25, -0.2) is 14.7 Å². The third kappa shape index (κ3) is 3.16. The molecule has 0 aliphatic rings. The lowest BCUT2D eigenvalue weighted by molar-refractivity contribution is 1.01. The van der Waals surface area contributed by atoms with Crippen molar-refractivity contribution in [1.29, 1.82) is 0 Å². The molecule has 0 amide bonds. The van der Waals surface area contributed by atoms with Crippen LogP contribution in [-0.2, 0) is 0 Å². The molecule has 6 heteroatoms. The molecular weight excluding hydrogens is 547 g/mol. The Hall–Kier alpha value is -5.95. The van der Waals surface area contributed by atoms with Gasteiger partial charge in [-0.1, -0.05) is 78.9 Å². The summed E-state index contributed by atoms with van der Waals surface area (Å²) in [6.45, 7) is 15.9. The molecule has 0 atom stereocenters. The van der Waals surface area contributed by atoms with Gasteiger partial charge in [0.25, 0.3) is 0 Å². The normalized spacial score (nSPS) is 11.7. The van der Waals surface area contributed by atoms with Crippen molar-refractivity contribution in [3.05, 3.63) is 138 Å². The molecule has 5 aromatic carbocycles. The number of thiophene rings is 1. The Morgan fingerprint density at radius 1 is 0.488 bits per heavy atom. The fourth-order valence-corrected chi connectivity index (χ4v) is 7.86. The molecule has 0 radical (unpaired) electrons. The number of hydrogen-bond donors (Lipinski definition) is 0. The van der Waals surface area contributed by atoms with Gasteiger partial charge < -0.3 is 0 Å². The summed E-state index contributed by atoms with van der Waals surface area (Å²) in [5.74, 6) is 1.61. The molecule has 4 heterocycles. The van der Waals surface area contributed by atoms with Crippen LogP contribution in [0.2, 0.25) is 0 Å². The predicted octanol–water partition coefficient (Wildman–Crippen LogP) is 10.7. The first-order valence-corrected chi connectivity index (χ1v) is 14.7. The predicted molar refractivity (Wildman–Crippen MR) is 178 cm³/mol. The minimum Gasteiger partial charge on any atom is -0.295 e. The smallest absolute Gasteiger partial charge is 0.206 e. The maximum atomic E-state index is 8.11. The molecule has 9 aromatic rings. The topological polar surface area (TPSA) is 31.5 Å². The Morgan fingerprint density at radius 2 is 1.02 bits per heavy atom. The SMILES string of the molecule is [C-]#[N+]c1cccc2c1sc1c([N+]#[C-])cc3c(c4ccccc4n3-c3cccc(-n4c5ccccc5c5ccccc54)n3)c12. The molecule has 0 aliphatic heterocycles. The zero-order chi connectivity index (χ0) is 28.7. The number of benzene rings is 5. The van der Waals surface area contributed by atoms with Gasteiger partial charge in [0.05, 0.1) is 29.7 Å². The van der Waals surface area contributed by atoms with E-state index in [1.165, 1.54) is 22.1 Å². The molecule has 43 heavy (non-hydrogen) atoms. The maximum absolute atomic E-state index is 8.11. The van der Waals surface area contributed by atoms with E-state index in [4.69, 9.17) is 18.1 Å². The standard InChI is InChI=1S/C37H19N5S/c1-38-26-15-9-14-25-35-34-24-13-5-8-18-30(24)42(31(34)21-27(39-2)37(35)43-36(25)26)33-20-10-19-32(40-33)41-28-16-6-3-11-22(28)23-12-4-7-17-29(23)41/h3-21H. The number of aromatic nitrogens is 3. The van der Waals surface area contributed by atoms with Crippen molar-refractivity contribution in [2.75, 3.05) is 0 Å². The van der Waals surface area contributed by atoms with Crippen LogP contribution in [0.4, 0.5) is 11.4 Å². The van der Waals surface area contributed by atoms with Crippen molar-refractivity contribution in [2.24, 2.45) is 0 Å². The number of rotatable bonds is 2. The first kappa shape index (κ1) is 23.7. The molecule has 0 bridgehead atoms. The van der Waals surface area contributed by atoms with Crippen molar-refractivity contribution < 1.29 is 0 Å². The van der Waals surface area contributed by atoms with E-state index in [0.29, 0.717) is 11.4 Å². The molecule has 0 N–H and O–H groups in total. The number of para-hydroxylation sites is 3. The quantitative estimate of drug-likeness (QED) is 0.192. The third-order valence-corrected chi connectivity index (χ3v) is 9.61. The summed E-state index contributed by atoms with van der Waals surface area (Å²) in [5, 5.41) is 6.59. The molecule has 0 saturated heterocycles. The van der Waals surface area contributed by atoms with Crippen LogP contribution in [0, 0.1) is 13.1 Å². The van der Waals surface area contributed by atoms with Gasteiger partial charge >= 0.3 is 0 Å². The highest BCUT2D eigenvalue weighted by Gasteiger charge is 2.22. The molecule has 0 aliphatic carbocycles. The van der Waals surface area contributed by atoms with Gasteiger partial charge in [-0.2, -0.15) is 11.3 Å².